The minimum atomic E-state index is -0.490. The summed E-state index contributed by atoms with van der Waals surface area (Å²) in [5.41, 5.74) is -0.0480. The van der Waals surface area contributed by atoms with Crippen molar-refractivity contribution in [1.82, 2.24) is 4.98 Å². The van der Waals surface area contributed by atoms with Gasteiger partial charge in [-0.3, -0.25) is 14.9 Å². The molecule has 1 aliphatic rings. The lowest BCUT2D eigenvalue weighted by Gasteiger charge is -2.33. The van der Waals surface area contributed by atoms with Crippen LogP contribution in [0.1, 0.15) is 6.42 Å². The Hall–Kier alpha value is -2.22. The van der Waals surface area contributed by atoms with Crippen molar-refractivity contribution >= 4 is 17.5 Å². The molecule has 1 aliphatic heterocycles. The van der Waals surface area contributed by atoms with Crippen LogP contribution in [-0.2, 0) is 14.3 Å². The fourth-order valence-corrected chi connectivity index (χ4v) is 1.99. The van der Waals surface area contributed by atoms with Gasteiger partial charge in [0, 0.05) is 19.2 Å². The van der Waals surface area contributed by atoms with Crippen LogP contribution in [0, 0.1) is 10.1 Å². The molecule has 2 rings (SSSR count). The molecule has 0 bridgehead atoms. The quantitative estimate of drug-likeness (QED) is 0.456. The second-order valence-electron chi connectivity index (χ2n) is 4.35. The number of carbonyl (C=O) groups excluding carboxylic acids is 1. The van der Waals surface area contributed by atoms with Crippen molar-refractivity contribution in [3.63, 3.8) is 0 Å². The summed E-state index contributed by atoms with van der Waals surface area (Å²) >= 11 is 0. The largest absolute Gasteiger partial charge is 0.469 e. The maximum atomic E-state index is 11.2. The molecular formula is C12H15N3O5. The summed E-state index contributed by atoms with van der Waals surface area (Å²) in [6.45, 7) is 1.60. The summed E-state index contributed by atoms with van der Waals surface area (Å²) < 4.78 is 10.1. The highest BCUT2D eigenvalue weighted by atomic mass is 16.6. The number of nitro groups is 1. The van der Waals surface area contributed by atoms with Gasteiger partial charge in [-0.1, -0.05) is 0 Å². The van der Waals surface area contributed by atoms with E-state index in [0.717, 1.165) is 0 Å². The first-order valence-electron chi connectivity index (χ1n) is 6.14. The van der Waals surface area contributed by atoms with E-state index in [1.807, 2.05) is 4.90 Å². The Morgan fingerprint density at radius 2 is 2.45 bits per heavy atom. The number of rotatable bonds is 4. The third-order valence-corrected chi connectivity index (χ3v) is 3.03. The Bertz CT molecular complexity index is 490. The lowest BCUT2D eigenvalue weighted by Crippen LogP contribution is -2.43. The van der Waals surface area contributed by atoms with Crippen molar-refractivity contribution in [3.8, 4) is 0 Å². The Morgan fingerprint density at radius 1 is 1.65 bits per heavy atom. The number of nitrogens with zero attached hydrogens (tertiary/aromatic N) is 3. The van der Waals surface area contributed by atoms with Crippen LogP contribution in [0.5, 0.6) is 0 Å². The molecule has 20 heavy (non-hydrogen) atoms. The number of anilines is 1. The molecule has 0 amide bonds. The van der Waals surface area contributed by atoms with Crippen LogP contribution in [0.2, 0.25) is 0 Å². The minimum absolute atomic E-state index is 0.0480. The van der Waals surface area contributed by atoms with Crippen LogP contribution >= 0.6 is 0 Å². The summed E-state index contributed by atoms with van der Waals surface area (Å²) in [5.74, 6) is 0.308. The SMILES string of the molecule is COC(=O)CC1CN(c2ccc([N+](=O)[O-])cn2)CCO1. The number of pyridine rings is 1. The van der Waals surface area contributed by atoms with Crippen LogP contribution in [-0.4, -0.2) is 48.8 Å². The number of morpholine rings is 1. The molecule has 0 aliphatic carbocycles. The first-order valence-corrected chi connectivity index (χ1v) is 6.14. The number of aromatic nitrogens is 1. The minimum Gasteiger partial charge on any atom is -0.469 e. The zero-order chi connectivity index (χ0) is 14.5. The van der Waals surface area contributed by atoms with Gasteiger partial charge in [0.05, 0.1) is 31.2 Å². The van der Waals surface area contributed by atoms with Gasteiger partial charge in [0.15, 0.2) is 0 Å². The van der Waals surface area contributed by atoms with E-state index in [2.05, 4.69) is 9.72 Å². The Labute approximate surface area is 115 Å². The molecule has 1 atom stereocenters. The van der Waals surface area contributed by atoms with E-state index in [4.69, 9.17) is 4.74 Å². The molecule has 0 saturated carbocycles. The summed E-state index contributed by atoms with van der Waals surface area (Å²) in [7, 11) is 1.33. The van der Waals surface area contributed by atoms with E-state index in [-0.39, 0.29) is 24.2 Å². The predicted molar refractivity (Wildman–Crippen MR) is 69.5 cm³/mol. The lowest BCUT2D eigenvalue weighted by molar-refractivity contribution is -0.385. The normalized spacial score (nSPS) is 18.6. The van der Waals surface area contributed by atoms with E-state index >= 15 is 0 Å². The van der Waals surface area contributed by atoms with Gasteiger partial charge in [-0.05, 0) is 6.07 Å². The molecule has 8 heteroatoms. The van der Waals surface area contributed by atoms with Gasteiger partial charge in [-0.25, -0.2) is 4.98 Å². The molecular weight excluding hydrogens is 266 g/mol. The smallest absolute Gasteiger partial charge is 0.308 e. The van der Waals surface area contributed by atoms with Crippen molar-refractivity contribution in [2.45, 2.75) is 12.5 Å². The van der Waals surface area contributed by atoms with E-state index in [1.54, 1.807) is 6.07 Å². The van der Waals surface area contributed by atoms with Gasteiger partial charge < -0.3 is 14.4 Å². The number of hydrogen-bond donors (Lipinski definition) is 0. The average molecular weight is 281 g/mol. The van der Waals surface area contributed by atoms with Gasteiger partial charge >= 0.3 is 5.97 Å². The molecule has 1 aromatic heterocycles. The van der Waals surface area contributed by atoms with Crippen molar-refractivity contribution < 1.29 is 19.2 Å². The molecule has 2 heterocycles. The maximum absolute atomic E-state index is 11.2. The molecule has 1 fully saturated rings. The van der Waals surface area contributed by atoms with Gasteiger partial charge in [0.2, 0.25) is 0 Å². The van der Waals surface area contributed by atoms with Crippen LogP contribution in [0.25, 0.3) is 0 Å². The van der Waals surface area contributed by atoms with Crippen LogP contribution in [0.4, 0.5) is 11.5 Å². The monoisotopic (exact) mass is 281 g/mol. The molecule has 0 N–H and O–H groups in total. The molecule has 108 valence electrons. The highest BCUT2D eigenvalue weighted by Gasteiger charge is 2.24. The molecule has 8 nitrogen and oxygen atoms in total. The standard InChI is InChI=1S/C12H15N3O5/c1-19-12(16)6-10-8-14(4-5-20-10)11-3-2-9(7-13-11)15(17)18/h2-3,7,10H,4-6,8H2,1H3. The van der Waals surface area contributed by atoms with Crippen molar-refractivity contribution in [3.05, 3.63) is 28.4 Å². The zero-order valence-corrected chi connectivity index (χ0v) is 11.0. The van der Waals surface area contributed by atoms with Crippen molar-refractivity contribution in [2.24, 2.45) is 0 Å². The lowest BCUT2D eigenvalue weighted by atomic mass is 10.2. The van der Waals surface area contributed by atoms with Gasteiger partial charge in [-0.15, -0.1) is 0 Å². The summed E-state index contributed by atoms with van der Waals surface area (Å²) in [4.78, 5) is 27.3. The van der Waals surface area contributed by atoms with Crippen molar-refractivity contribution in [1.29, 1.82) is 0 Å². The van der Waals surface area contributed by atoms with E-state index < -0.39 is 4.92 Å². The fraction of sp³-hybridized carbons (Fsp3) is 0.500. The molecule has 1 unspecified atom stereocenters. The van der Waals surface area contributed by atoms with Gasteiger partial charge in [-0.2, -0.15) is 0 Å². The van der Waals surface area contributed by atoms with Gasteiger partial charge in [0.1, 0.15) is 12.0 Å². The van der Waals surface area contributed by atoms with Crippen LogP contribution in [0.15, 0.2) is 18.3 Å². The highest BCUT2D eigenvalue weighted by Crippen LogP contribution is 2.19. The summed E-state index contributed by atoms with van der Waals surface area (Å²) in [5, 5.41) is 10.6. The first-order chi connectivity index (χ1) is 9.60. The Morgan fingerprint density at radius 3 is 3.05 bits per heavy atom. The molecule has 1 saturated heterocycles. The number of hydrogen-bond acceptors (Lipinski definition) is 7. The van der Waals surface area contributed by atoms with Gasteiger partial charge in [0.25, 0.3) is 5.69 Å². The second-order valence-corrected chi connectivity index (χ2v) is 4.35. The number of esters is 1. The third kappa shape index (κ3) is 3.41. The van der Waals surface area contributed by atoms with E-state index in [1.165, 1.54) is 19.4 Å². The number of methoxy groups -OCH3 is 1. The maximum Gasteiger partial charge on any atom is 0.308 e. The molecule has 0 radical (unpaired) electrons. The Balaban J connectivity index is 2.01. The highest BCUT2D eigenvalue weighted by molar-refractivity contribution is 5.69. The van der Waals surface area contributed by atoms with Crippen molar-refractivity contribution in [2.75, 3.05) is 31.7 Å². The average Bonchev–Trinajstić information content (AvgIpc) is 2.47. The Kier molecular flexibility index (Phi) is 4.46. The second kappa shape index (κ2) is 6.29. The predicted octanol–water partition coefficient (Wildman–Crippen LogP) is 0.758. The number of ether oxygens (including phenoxy) is 2. The topological polar surface area (TPSA) is 94.8 Å². The van der Waals surface area contributed by atoms with Crippen LogP contribution < -0.4 is 4.90 Å². The van der Waals surface area contributed by atoms with E-state index in [9.17, 15) is 14.9 Å². The third-order valence-electron chi connectivity index (χ3n) is 3.03. The van der Waals surface area contributed by atoms with E-state index in [0.29, 0.717) is 25.5 Å². The summed E-state index contributed by atoms with van der Waals surface area (Å²) in [6, 6.07) is 3.01. The fourth-order valence-electron chi connectivity index (χ4n) is 1.99. The molecule has 1 aromatic rings. The number of carbonyl (C=O) groups is 1. The summed E-state index contributed by atoms with van der Waals surface area (Å²) in [6.07, 6.45) is 1.15. The molecule has 0 spiro atoms. The molecule has 0 aromatic carbocycles. The first kappa shape index (κ1) is 14.2. The zero-order valence-electron chi connectivity index (χ0n) is 11.0. The van der Waals surface area contributed by atoms with Crippen LogP contribution in [0.3, 0.4) is 0 Å².